The molecule has 2 aromatic carbocycles. The van der Waals surface area contributed by atoms with E-state index in [1.54, 1.807) is 47.5 Å². The SMILES string of the molecule is Nc1ccc(C=CC(=O)NCc2cc3cc(-c4ccc(C(=O)N5CCOCC5)c(F)c4)cc(Cl)c3o2)cn1. The number of morpholine rings is 1. The largest absolute Gasteiger partial charge is 0.458 e. The molecule has 3 N–H and O–H groups in total. The van der Waals surface area contributed by atoms with Crippen LogP contribution in [0.5, 0.6) is 0 Å². The summed E-state index contributed by atoms with van der Waals surface area (Å²) in [7, 11) is 0. The number of nitrogens with one attached hydrogen (secondary N) is 1. The van der Waals surface area contributed by atoms with Crippen LogP contribution in [0.4, 0.5) is 10.2 Å². The smallest absolute Gasteiger partial charge is 0.256 e. The number of furan rings is 1. The first-order valence-electron chi connectivity index (χ1n) is 11.9. The maximum atomic E-state index is 14.9. The van der Waals surface area contributed by atoms with E-state index in [9.17, 15) is 14.0 Å². The summed E-state index contributed by atoms with van der Waals surface area (Å²) in [6, 6.07) is 13.2. The summed E-state index contributed by atoms with van der Waals surface area (Å²) in [6.45, 7) is 1.91. The van der Waals surface area contributed by atoms with Crippen molar-refractivity contribution in [1.29, 1.82) is 0 Å². The van der Waals surface area contributed by atoms with Crippen LogP contribution in [0, 0.1) is 5.82 Å². The van der Waals surface area contributed by atoms with Gasteiger partial charge in [0, 0.05) is 30.7 Å². The Kier molecular flexibility index (Phi) is 7.39. The maximum Gasteiger partial charge on any atom is 0.256 e. The first-order valence-corrected chi connectivity index (χ1v) is 12.3. The average molecular weight is 535 g/mol. The highest BCUT2D eigenvalue weighted by atomic mass is 35.5. The molecule has 4 aromatic rings. The fourth-order valence-electron chi connectivity index (χ4n) is 4.14. The molecule has 1 fully saturated rings. The number of carbonyl (C=O) groups is 2. The van der Waals surface area contributed by atoms with Crippen molar-refractivity contribution in [3.63, 3.8) is 0 Å². The lowest BCUT2D eigenvalue weighted by atomic mass is 10.0. The van der Waals surface area contributed by atoms with E-state index in [0.29, 0.717) is 65.0 Å². The molecule has 8 nitrogen and oxygen atoms in total. The first kappa shape index (κ1) is 25.4. The van der Waals surface area contributed by atoms with Crippen LogP contribution in [0.1, 0.15) is 21.7 Å². The molecule has 3 heterocycles. The van der Waals surface area contributed by atoms with E-state index in [0.717, 1.165) is 5.56 Å². The number of ether oxygens (including phenoxy) is 1. The number of aromatic nitrogens is 1. The van der Waals surface area contributed by atoms with Gasteiger partial charge in [-0.2, -0.15) is 0 Å². The fraction of sp³-hybridized carbons (Fsp3) is 0.179. The molecule has 0 aliphatic carbocycles. The summed E-state index contributed by atoms with van der Waals surface area (Å²) in [5.74, 6) is -0.357. The van der Waals surface area contributed by atoms with Crippen LogP contribution in [-0.2, 0) is 16.1 Å². The standard InChI is InChI=1S/C28H24ClFN4O4/c29-23-13-19(18-3-4-22(24(30)14-18)28(36)34-7-9-37-10-8-34)11-20-12-21(38-27(20)23)16-33-26(35)6-2-17-1-5-25(31)32-15-17/h1-6,11-15H,7-10,16H2,(H2,31,32)(H,33,35). The van der Waals surface area contributed by atoms with Gasteiger partial charge in [-0.25, -0.2) is 9.37 Å². The number of rotatable bonds is 6. The van der Waals surface area contributed by atoms with E-state index in [1.165, 1.54) is 18.2 Å². The van der Waals surface area contributed by atoms with Gasteiger partial charge in [0.2, 0.25) is 5.91 Å². The van der Waals surface area contributed by atoms with Crippen molar-refractivity contribution in [2.24, 2.45) is 0 Å². The molecule has 0 atom stereocenters. The Bertz CT molecular complexity index is 1530. The number of fused-ring (bicyclic) bond motifs is 1. The first-order chi connectivity index (χ1) is 18.4. The van der Waals surface area contributed by atoms with Gasteiger partial charge in [0.25, 0.3) is 5.91 Å². The van der Waals surface area contributed by atoms with E-state index >= 15 is 0 Å². The van der Waals surface area contributed by atoms with Crippen molar-refractivity contribution in [3.8, 4) is 11.1 Å². The third-order valence-corrected chi connectivity index (χ3v) is 6.41. The zero-order valence-electron chi connectivity index (χ0n) is 20.2. The third-order valence-electron chi connectivity index (χ3n) is 6.13. The van der Waals surface area contributed by atoms with Gasteiger partial charge in [-0.1, -0.05) is 17.7 Å². The minimum atomic E-state index is -0.603. The zero-order chi connectivity index (χ0) is 26.6. The number of hydrogen-bond donors (Lipinski definition) is 2. The number of benzene rings is 2. The highest BCUT2D eigenvalue weighted by Gasteiger charge is 2.22. The molecule has 10 heteroatoms. The molecule has 38 heavy (non-hydrogen) atoms. The molecule has 2 aromatic heterocycles. The van der Waals surface area contributed by atoms with Crippen molar-refractivity contribution in [2.75, 3.05) is 32.0 Å². The van der Waals surface area contributed by atoms with Crippen LogP contribution >= 0.6 is 11.6 Å². The van der Waals surface area contributed by atoms with E-state index in [1.807, 2.05) is 6.07 Å². The predicted molar refractivity (Wildman–Crippen MR) is 143 cm³/mol. The minimum Gasteiger partial charge on any atom is -0.458 e. The number of amides is 2. The molecule has 0 unspecified atom stereocenters. The average Bonchev–Trinajstić information content (AvgIpc) is 3.35. The summed E-state index contributed by atoms with van der Waals surface area (Å²) in [5.41, 5.74) is 8.03. The lowest BCUT2D eigenvalue weighted by Gasteiger charge is -2.27. The molecule has 0 saturated carbocycles. The quantitative estimate of drug-likeness (QED) is 0.348. The molecule has 0 spiro atoms. The maximum absolute atomic E-state index is 14.9. The summed E-state index contributed by atoms with van der Waals surface area (Å²) >= 11 is 6.47. The predicted octanol–water partition coefficient (Wildman–Crippen LogP) is 4.67. The van der Waals surface area contributed by atoms with Crippen LogP contribution < -0.4 is 11.1 Å². The molecule has 194 valence electrons. The number of anilines is 1. The highest BCUT2D eigenvalue weighted by Crippen LogP contribution is 2.33. The van der Waals surface area contributed by atoms with Gasteiger partial charge >= 0.3 is 0 Å². The lowest BCUT2D eigenvalue weighted by Crippen LogP contribution is -2.41. The van der Waals surface area contributed by atoms with Crippen LogP contribution in [0.25, 0.3) is 28.2 Å². The molecule has 1 aliphatic heterocycles. The Labute approximate surface area is 222 Å². The molecule has 0 bridgehead atoms. The van der Waals surface area contributed by atoms with E-state index < -0.39 is 5.82 Å². The van der Waals surface area contributed by atoms with Gasteiger partial charge in [-0.15, -0.1) is 0 Å². The van der Waals surface area contributed by atoms with E-state index in [2.05, 4.69) is 10.3 Å². The number of halogens is 2. The third kappa shape index (κ3) is 5.69. The van der Waals surface area contributed by atoms with Crippen molar-refractivity contribution in [2.45, 2.75) is 6.54 Å². The second-order valence-electron chi connectivity index (χ2n) is 8.76. The summed E-state index contributed by atoms with van der Waals surface area (Å²) in [6.07, 6.45) is 4.59. The van der Waals surface area contributed by atoms with Crippen molar-refractivity contribution >= 4 is 46.3 Å². The summed E-state index contributed by atoms with van der Waals surface area (Å²) in [5, 5.41) is 3.81. The van der Waals surface area contributed by atoms with Gasteiger partial charge in [0.05, 0.1) is 30.3 Å². The highest BCUT2D eigenvalue weighted by molar-refractivity contribution is 6.35. The molecule has 0 radical (unpaired) electrons. The summed E-state index contributed by atoms with van der Waals surface area (Å²) in [4.78, 5) is 30.5. The minimum absolute atomic E-state index is 0.0193. The van der Waals surface area contributed by atoms with Gasteiger partial charge in [0.15, 0.2) is 5.58 Å². The number of nitrogens with two attached hydrogens (primary N) is 1. The molecule has 5 rings (SSSR count). The number of hydrogen-bond acceptors (Lipinski definition) is 6. The monoisotopic (exact) mass is 534 g/mol. The topological polar surface area (TPSA) is 111 Å². The second-order valence-corrected chi connectivity index (χ2v) is 9.16. The van der Waals surface area contributed by atoms with Crippen LogP contribution in [0.15, 0.2) is 65.2 Å². The Balaban J connectivity index is 1.29. The fourth-order valence-corrected chi connectivity index (χ4v) is 4.41. The van der Waals surface area contributed by atoms with Crippen LogP contribution in [0.2, 0.25) is 5.02 Å². The van der Waals surface area contributed by atoms with E-state index in [-0.39, 0.29) is 23.9 Å². The Morgan fingerprint density at radius 1 is 1.11 bits per heavy atom. The van der Waals surface area contributed by atoms with Crippen LogP contribution in [-0.4, -0.2) is 48.0 Å². The Hall–Kier alpha value is -4.21. The van der Waals surface area contributed by atoms with Crippen molar-refractivity contribution < 1.29 is 23.1 Å². The van der Waals surface area contributed by atoms with Gasteiger partial charge in [-0.05, 0) is 65.2 Å². The molecule has 1 aliphatic rings. The normalized spacial score (nSPS) is 13.8. The summed E-state index contributed by atoms with van der Waals surface area (Å²) < 4.78 is 26.0. The lowest BCUT2D eigenvalue weighted by molar-refractivity contribution is -0.116. The van der Waals surface area contributed by atoms with Crippen molar-refractivity contribution in [1.82, 2.24) is 15.2 Å². The Morgan fingerprint density at radius 2 is 1.92 bits per heavy atom. The number of nitrogen functional groups attached to an aromatic ring is 1. The zero-order valence-corrected chi connectivity index (χ0v) is 21.0. The molecule has 1 saturated heterocycles. The van der Waals surface area contributed by atoms with Crippen LogP contribution in [0.3, 0.4) is 0 Å². The van der Waals surface area contributed by atoms with E-state index in [4.69, 9.17) is 26.5 Å². The molecular formula is C28H24ClFN4O4. The molecule has 2 amide bonds. The number of nitrogens with zero attached hydrogens (tertiary/aromatic N) is 2. The van der Waals surface area contributed by atoms with Gasteiger partial charge < -0.3 is 25.1 Å². The second kappa shape index (κ2) is 11.0. The van der Waals surface area contributed by atoms with Gasteiger partial charge in [0.1, 0.15) is 17.4 Å². The number of carbonyl (C=O) groups excluding carboxylic acids is 2. The number of pyridine rings is 1. The molecular weight excluding hydrogens is 511 g/mol. The Morgan fingerprint density at radius 3 is 2.66 bits per heavy atom. The van der Waals surface area contributed by atoms with Crippen molar-refractivity contribution in [3.05, 3.63) is 88.5 Å². The van der Waals surface area contributed by atoms with Gasteiger partial charge in [-0.3, -0.25) is 9.59 Å².